The number of aromatic amines is 1. The van der Waals surface area contributed by atoms with Gasteiger partial charge in [-0.1, -0.05) is 32.0 Å². The number of fused-ring (bicyclic) bond motifs is 3. The van der Waals surface area contributed by atoms with Crippen LogP contribution in [0, 0.1) is 0 Å². The lowest BCUT2D eigenvalue weighted by atomic mass is 9.92. The number of amides is 1. The highest BCUT2D eigenvalue weighted by molar-refractivity contribution is 7.88. The maximum atomic E-state index is 13.4. The Balaban J connectivity index is 1.46. The molecule has 1 aromatic carbocycles. The van der Waals surface area contributed by atoms with Crippen LogP contribution in [0.4, 0.5) is 0 Å². The first-order valence-electron chi connectivity index (χ1n) is 12.3. The molecule has 2 aromatic rings. The minimum Gasteiger partial charge on any atom is -0.390 e. The summed E-state index contributed by atoms with van der Waals surface area (Å²) >= 11 is 0. The third-order valence-electron chi connectivity index (χ3n) is 7.44. The molecule has 35 heavy (non-hydrogen) atoms. The summed E-state index contributed by atoms with van der Waals surface area (Å²) in [5, 5.41) is 14.5. The maximum absolute atomic E-state index is 13.4. The summed E-state index contributed by atoms with van der Waals surface area (Å²) in [5.41, 5.74) is 1.31. The number of carbonyl (C=O) groups excluding carboxylic acids is 1. The van der Waals surface area contributed by atoms with E-state index in [9.17, 15) is 23.1 Å². The molecule has 3 N–H and O–H groups in total. The Morgan fingerprint density at radius 1 is 1.23 bits per heavy atom. The maximum Gasteiger partial charge on any atom is 0.261 e. The van der Waals surface area contributed by atoms with Crippen molar-refractivity contribution >= 4 is 26.8 Å². The monoisotopic (exact) mass is 504 g/mol. The fourth-order valence-electron chi connectivity index (χ4n) is 5.77. The average molecular weight is 505 g/mol. The Labute approximate surface area is 206 Å². The lowest BCUT2D eigenvalue weighted by molar-refractivity contribution is 0.0448. The van der Waals surface area contributed by atoms with E-state index in [1.807, 2.05) is 38.1 Å². The third kappa shape index (κ3) is 5.45. The van der Waals surface area contributed by atoms with E-state index < -0.39 is 16.1 Å². The molecule has 2 bridgehead atoms. The van der Waals surface area contributed by atoms with Crippen LogP contribution in [-0.2, 0) is 10.0 Å². The highest BCUT2D eigenvalue weighted by Gasteiger charge is 2.42. The number of hydrogen-bond acceptors (Lipinski definition) is 6. The van der Waals surface area contributed by atoms with Gasteiger partial charge in [-0.2, -0.15) is 0 Å². The number of nitrogens with zero attached hydrogens (tertiary/aromatic N) is 2. The number of H-pyrrole nitrogens is 1. The first kappa shape index (κ1) is 25.8. The van der Waals surface area contributed by atoms with Gasteiger partial charge < -0.3 is 15.4 Å². The van der Waals surface area contributed by atoms with Crippen molar-refractivity contribution in [2.45, 2.75) is 69.7 Å². The van der Waals surface area contributed by atoms with E-state index in [-0.39, 0.29) is 47.6 Å². The molecule has 0 saturated carbocycles. The second-order valence-corrected chi connectivity index (χ2v) is 12.5. The molecule has 3 heterocycles. The zero-order chi connectivity index (χ0) is 25.5. The molecule has 2 saturated heterocycles. The van der Waals surface area contributed by atoms with Crippen LogP contribution >= 0.6 is 0 Å². The predicted octanol–water partition coefficient (Wildman–Crippen LogP) is 1.63. The molecule has 1 aromatic heterocycles. The van der Waals surface area contributed by atoms with Crippen LogP contribution in [0.1, 0.15) is 61.4 Å². The van der Waals surface area contributed by atoms with Gasteiger partial charge in [-0.15, -0.1) is 0 Å². The Morgan fingerprint density at radius 3 is 2.46 bits per heavy atom. The van der Waals surface area contributed by atoms with E-state index >= 15 is 0 Å². The number of aromatic nitrogens is 1. The zero-order valence-corrected chi connectivity index (χ0v) is 21.6. The first-order chi connectivity index (χ1) is 16.5. The number of aliphatic hydroxyl groups excluding tert-OH is 1. The minimum absolute atomic E-state index is 0.00697. The van der Waals surface area contributed by atoms with E-state index in [1.54, 1.807) is 0 Å². The standard InChI is InChI=1S/C25H36N4O5S/c1-15(2)22-20-7-5-6-8-21(20)27-25(32)23(22)24(31)26-16-11-17-9-10-18(12-16)29(17)14-19(30)13-28(3)35(4,33)34/h5-8,15-19,30H,9-14H2,1-4H3,(H,26,31)(H,27,32)/t16?,17?,18?,19-/m0/s1. The molecule has 10 heteroatoms. The number of likely N-dealkylation sites (N-methyl/N-ethyl adjacent to an activating group) is 1. The van der Waals surface area contributed by atoms with Crippen molar-refractivity contribution < 1.29 is 18.3 Å². The van der Waals surface area contributed by atoms with E-state index in [1.165, 1.54) is 11.4 Å². The molecule has 2 aliphatic rings. The lowest BCUT2D eigenvalue weighted by Crippen LogP contribution is -2.53. The highest BCUT2D eigenvalue weighted by Crippen LogP contribution is 2.36. The number of sulfonamides is 1. The van der Waals surface area contributed by atoms with Crippen molar-refractivity contribution in [1.82, 2.24) is 19.5 Å². The molecule has 2 unspecified atom stereocenters. The normalized spacial score (nSPS) is 23.8. The Kier molecular flexibility index (Phi) is 7.38. The molecule has 3 atom stereocenters. The van der Waals surface area contributed by atoms with Crippen molar-refractivity contribution in [2.24, 2.45) is 0 Å². The fourth-order valence-corrected chi connectivity index (χ4v) is 6.22. The van der Waals surface area contributed by atoms with Gasteiger partial charge in [0.15, 0.2) is 0 Å². The third-order valence-corrected chi connectivity index (χ3v) is 8.72. The van der Waals surface area contributed by atoms with Crippen LogP contribution in [0.2, 0.25) is 0 Å². The number of nitrogens with one attached hydrogen (secondary N) is 2. The van der Waals surface area contributed by atoms with E-state index in [2.05, 4.69) is 15.2 Å². The number of pyridine rings is 1. The van der Waals surface area contributed by atoms with E-state index in [4.69, 9.17) is 0 Å². The summed E-state index contributed by atoms with van der Waals surface area (Å²) < 4.78 is 24.5. The minimum atomic E-state index is -3.35. The molecule has 9 nitrogen and oxygen atoms in total. The molecule has 192 valence electrons. The number of para-hydroxylation sites is 1. The molecule has 4 rings (SSSR count). The topological polar surface area (TPSA) is 123 Å². The molecule has 2 aliphatic heterocycles. The van der Waals surface area contributed by atoms with E-state index in [0.29, 0.717) is 6.54 Å². The number of hydrogen-bond donors (Lipinski definition) is 3. The molecule has 0 spiro atoms. The SMILES string of the molecule is CC(C)c1c(C(=O)NC2CC3CCC(C2)N3C[C@@H](O)CN(C)S(C)(=O)=O)c(=O)[nH]c2ccccc12. The van der Waals surface area contributed by atoms with Crippen LogP contribution in [0.25, 0.3) is 10.9 Å². The molecule has 2 fully saturated rings. The highest BCUT2D eigenvalue weighted by atomic mass is 32.2. The van der Waals surface area contributed by atoms with Crippen LogP contribution in [0.3, 0.4) is 0 Å². The van der Waals surface area contributed by atoms with Crippen molar-refractivity contribution in [3.8, 4) is 0 Å². The van der Waals surface area contributed by atoms with Gasteiger partial charge in [-0.25, -0.2) is 12.7 Å². The van der Waals surface area contributed by atoms with Crippen molar-refractivity contribution in [3.05, 3.63) is 45.7 Å². The summed E-state index contributed by atoms with van der Waals surface area (Å²) in [5.74, 6) is -0.333. The van der Waals surface area contributed by atoms with Gasteiger partial charge in [0, 0.05) is 49.2 Å². The number of carbonyl (C=O) groups is 1. The Bertz CT molecular complexity index is 1240. The number of aliphatic hydroxyl groups is 1. The quantitative estimate of drug-likeness (QED) is 0.502. The number of benzene rings is 1. The Morgan fingerprint density at radius 2 is 1.86 bits per heavy atom. The summed E-state index contributed by atoms with van der Waals surface area (Å²) in [6.07, 6.45) is 3.76. The largest absolute Gasteiger partial charge is 0.390 e. The lowest BCUT2D eigenvalue weighted by Gasteiger charge is -2.40. The van der Waals surface area contributed by atoms with Crippen LogP contribution in [0.5, 0.6) is 0 Å². The van der Waals surface area contributed by atoms with Gasteiger partial charge in [-0.05, 0) is 43.2 Å². The van der Waals surface area contributed by atoms with Gasteiger partial charge in [-0.3, -0.25) is 14.5 Å². The van der Waals surface area contributed by atoms with Crippen LogP contribution < -0.4 is 10.9 Å². The fraction of sp³-hybridized carbons (Fsp3) is 0.600. The summed E-state index contributed by atoms with van der Waals surface area (Å²) in [7, 11) is -1.88. The van der Waals surface area contributed by atoms with Crippen LogP contribution in [0.15, 0.2) is 29.1 Å². The van der Waals surface area contributed by atoms with Crippen LogP contribution in [-0.4, -0.2) is 84.2 Å². The molecule has 0 aliphatic carbocycles. The molecule has 0 radical (unpaired) electrons. The molecular weight excluding hydrogens is 468 g/mol. The molecule has 1 amide bonds. The van der Waals surface area contributed by atoms with Gasteiger partial charge in [0.25, 0.3) is 11.5 Å². The number of rotatable bonds is 8. The zero-order valence-electron chi connectivity index (χ0n) is 20.8. The average Bonchev–Trinajstić information content (AvgIpc) is 2.99. The predicted molar refractivity (Wildman–Crippen MR) is 136 cm³/mol. The van der Waals surface area contributed by atoms with Gasteiger partial charge in [0.2, 0.25) is 10.0 Å². The van der Waals surface area contributed by atoms with Gasteiger partial charge in [0.05, 0.1) is 12.4 Å². The van der Waals surface area contributed by atoms with Crippen molar-refractivity contribution in [3.63, 3.8) is 0 Å². The van der Waals surface area contributed by atoms with Crippen molar-refractivity contribution in [1.29, 1.82) is 0 Å². The summed E-state index contributed by atoms with van der Waals surface area (Å²) in [6, 6.07) is 7.90. The first-order valence-corrected chi connectivity index (χ1v) is 14.1. The Hall–Kier alpha value is -2.27. The second kappa shape index (κ2) is 10.0. The van der Waals surface area contributed by atoms with E-state index in [0.717, 1.165) is 48.4 Å². The summed E-state index contributed by atoms with van der Waals surface area (Å²) in [4.78, 5) is 31.4. The molecular formula is C25H36N4O5S. The van der Waals surface area contributed by atoms with Gasteiger partial charge in [0.1, 0.15) is 5.56 Å². The second-order valence-electron chi connectivity index (χ2n) is 10.4. The van der Waals surface area contributed by atoms with Gasteiger partial charge >= 0.3 is 0 Å². The smallest absolute Gasteiger partial charge is 0.261 e. The van der Waals surface area contributed by atoms with Crippen molar-refractivity contribution in [2.75, 3.05) is 26.4 Å². The summed E-state index contributed by atoms with van der Waals surface area (Å²) in [6.45, 7) is 4.43. The number of piperidine rings is 1.